The Kier molecular flexibility index (Phi) is 4.47. The first-order chi connectivity index (χ1) is 9.43. The number of aromatic nitrogens is 4. The zero-order chi connectivity index (χ0) is 12.9. The van der Waals surface area contributed by atoms with E-state index in [0.717, 1.165) is 30.4 Å². The molecule has 0 spiro atoms. The highest BCUT2D eigenvalue weighted by Crippen LogP contribution is 2.36. The van der Waals surface area contributed by atoms with Crippen LogP contribution in [-0.2, 0) is 6.42 Å². The molecule has 0 amide bonds. The van der Waals surface area contributed by atoms with Crippen LogP contribution >= 0.6 is 23.1 Å². The van der Waals surface area contributed by atoms with Gasteiger partial charge >= 0.3 is 0 Å². The highest BCUT2D eigenvalue weighted by molar-refractivity contribution is 7.99. The van der Waals surface area contributed by atoms with E-state index in [1.807, 2.05) is 16.0 Å². The summed E-state index contributed by atoms with van der Waals surface area (Å²) in [6.45, 7) is 2.03. The molecule has 0 saturated heterocycles. The van der Waals surface area contributed by atoms with E-state index in [9.17, 15) is 0 Å². The van der Waals surface area contributed by atoms with Crippen LogP contribution in [0.1, 0.15) is 23.8 Å². The van der Waals surface area contributed by atoms with E-state index in [4.69, 9.17) is 0 Å². The second-order valence-corrected chi connectivity index (χ2v) is 6.66. The van der Waals surface area contributed by atoms with Gasteiger partial charge in [0.25, 0.3) is 0 Å². The van der Waals surface area contributed by atoms with E-state index in [0.29, 0.717) is 6.04 Å². The predicted octanol–water partition coefficient (Wildman–Crippen LogP) is 1.99. The second-order valence-electron chi connectivity index (χ2n) is 4.57. The molecule has 5 nitrogen and oxygen atoms in total. The van der Waals surface area contributed by atoms with Crippen LogP contribution in [0.3, 0.4) is 0 Å². The molecule has 1 fully saturated rings. The standard InChI is InChI=1S/C12H17N5S2/c1-2-11(18-8-1)5-6-13-7-9-19-12-14-15-16-17(12)10-3-4-10/h1-2,8,10,13H,3-7,9H2. The molecule has 1 saturated carbocycles. The number of thioether (sulfide) groups is 1. The molecule has 19 heavy (non-hydrogen) atoms. The van der Waals surface area contributed by atoms with Crippen molar-refractivity contribution in [3.8, 4) is 0 Å². The fraction of sp³-hybridized carbons (Fsp3) is 0.583. The summed E-state index contributed by atoms with van der Waals surface area (Å²) >= 11 is 3.56. The summed E-state index contributed by atoms with van der Waals surface area (Å²) in [5, 5.41) is 18.4. The number of tetrazole rings is 1. The van der Waals surface area contributed by atoms with Gasteiger partial charge in [-0.1, -0.05) is 17.8 Å². The fourth-order valence-corrected chi connectivity index (χ4v) is 3.38. The number of hydrogen-bond acceptors (Lipinski definition) is 6. The molecule has 0 aliphatic heterocycles. The molecule has 7 heteroatoms. The fourth-order valence-electron chi connectivity index (χ4n) is 1.83. The lowest BCUT2D eigenvalue weighted by Gasteiger charge is -2.04. The summed E-state index contributed by atoms with van der Waals surface area (Å²) < 4.78 is 1.97. The van der Waals surface area contributed by atoms with Gasteiger partial charge < -0.3 is 5.32 Å². The van der Waals surface area contributed by atoms with Gasteiger partial charge in [-0.3, -0.25) is 0 Å². The Balaban J connectivity index is 1.31. The Labute approximate surface area is 120 Å². The van der Waals surface area contributed by atoms with Crippen LogP contribution in [0.2, 0.25) is 0 Å². The molecule has 1 aliphatic carbocycles. The van der Waals surface area contributed by atoms with Crippen molar-refractivity contribution in [2.75, 3.05) is 18.8 Å². The third kappa shape index (κ3) is 3.77. The Bertz CT molecular complexity index is 492. The van der Waals surface area contributed by atoms with E-state index < -0.39 is 0 Å². The molecule has 2 aromatic rings. The first-order valence-corrected chi connectivity index (χ1v) is 8.44. The van der Waals surface area contributed by atoms with Crippen molar-refractivity contribution in [2.45, 2.75) is 30.5 Å². The first-order valence-electron chi connectivity index (χ1n) is 6.57. The van der Waals surface area contributed by atoms with Gasteiger partial charge in [0.1, 0.15) is 0 Å². The number of nitrogens with zero attached hydrogens (tertiary/aromatic N) is 4. The maximum absolute atomic E-state index is 4.07. The van der Waals surface area contributed by atoms with Crippen molar-refractivity contribution in [2.24, 2.45) is 0 Å². The maximum Gasteiger partial charge on any atom is 0.209 e. The highest BCUT2D eigenvalue weighted by atomic mass is 32.2. The topological polar surface area (TPSA) is 55.6 Å². The van der Waals surface area contributed by atoms with Gasteiger partial charge in [0.05, 0.1) is 6.04 Å². The van der Waals surface area contributed by atoms with Gasteiger partial charge in [-0.25, -0.2) is 4.68 Å². The minimum Gasteiger partial charge on any atom is -0.316 e. The predicted molar refractivity (Wildman–Crippen MR) is 77.7 cm³/mol. The second kappa shape index (κ2) is 6.49. The SMILES string of the molecule is c1csc(CCNCCSc2nnnn2C2CC2)c1. The molecule has 0 bridgehead atoms. The molecule has 0 unspecified atom stereocenters. The van der Waals surface area contributed by atoms with E-state index in [2.05, 4.69) is 38.4 Å². The normalized spacial score (nSPS) is 14.9. The minimum absolute atomic E-state index is 0.560. The largest absolute Gasteiger partial charge is 0.316 e. The van der Waals surface area contributed by atoms with Crippen LogP contribution in [0, 0.1) is 0 Å². The van der Waals surface area contributed by atoms with Crippen molar-refractivity contribution in [1.82, 2.24) is 25.5 Å². The Morgan fingerprint density at radius 3 is 3.16 bits per heavy atom. The molecule has 1 N–H and O–H groups in total. The zero-order valence-electron chi connectivity index (χ0n) is 10.7. The Morgan fingerprint density at radius 1 is 1.42 bits per heavy atom. The highest BCUT2D eigenvalue weighted by Gasteiger charge is 2.27. The van der Waals surface area contributed by atoms with Gasteiger partial charge in [-0.2, -0.15) is 0 Å². The Morgan fingerprint density at radius 2 is 2.37 bits per heavy atom. The third-order valence-electron chi connectivity index (χ3n) is 2.99. The molecule has 0 aromatic carbocycles. The number of nitrogens with one attached hydrogen (secondary N) is 1. The molecule has 102 valence electrons. The lowest BCUT2D eigenvalue weighted by molar-refractivity contribution is 0.565. The van der Waals surface area contributed by atoms with Crippen molar-refractivity contribution in [3.63, 3.8) is 0 Å². The number of hydrogen-bond donors (Lipinski definition) is 1. The first kappa shape index (κ1) is 13.1. The smallest absolute Gasteiger partial charge is 0.209 e. The summed E-state index contributed by atoms with van der Waals surface area (Å²) in [4.78, 5) is 1.44. The molecule has 0 radical (unpaired) electrons. The van der Waals surface area contributed by atoms with Crippen molar-refractivity contribution < 1.29 is 0 Å². The summed E-state index contributed by atoms with van der Waals surface area (Å²) in [6, 6.07) is 4.85. The number of rotatable bonds is 8. The van der Waals surface area contributed by atoms with Crippen molar-refractivity contribution in [3.05, 3.63) is 22.4 Å². The minimum atomic E-state index is 0.560. The molecule has 3 rings (SSSR count). The van der Waals surface area contributed by atoms with E-state index in [1.165, 1.54) is 17.7 Å². The van der Waals surface area contributed by atoms with Gasteiger partial charge in [0, 0.05) is 17.2 Å². The number of thiophene rings is 1. The van der Waals surface area contributed by atoms with Crippen LogP contribution in [0.5, 0.6) is 0 Å². The van der Waals surface area contributed by atoms with Gasteiger partial charge in [-0.15, -0.1) is 16.4 Å². The van der Waals surface area contributed by atoms with Crippen molar-refractivity contribution >= 4 is 23.1 Å². The maximum atomic E-state index is 4.07. The lowest BCUT2D eigenvalue weighted by atomic mass is 10.3. The lowest BCUT2D eigenvalue weighted by Crippen LogP contribution is -2.20. The van der Waals surface area contributed by atoms with E-state index in [-0.39, 0.29) is 0 Å². The molecule has 2 heterocycles. The summed E-state index contributed by atoms with van der Waals surface area (Å²) in [6.07, 6.45) is 3.55. The van der Waals surface area contributed by atoms with Crippen LogP contribution in [0.25, 0.3) is 0 Å². The molecular formula is C12H17N5S2. The van der Waals surface area contributed by atoms with Crippen LogP contribution in [0.4, 0.5) is 0 Å². The molecule has 1 aliphatic rings. The molecule has 0 atom stereocenters. The summed E-state index contributed by atoms with van der Waals surface area (Å²) in [5.41, 5.74) is 0. The molecular weight excluding hydrogens is 278 g/mol. The average molecular weight is 295 g/mol. The van der Waals surface area contributed by atoms with Gasteiger partial charge in [-0.05, 0) is 47.7 Å². The van der Waals surface area contributed by atoms with E-state index in [1.54, 1.807) is 11.8 Å². The van der Waals surface area contributed by atoms with E-state index >= 15 is 0 Å². The average Bonchev–Trinajstić information content (AvgIpc) is 2.95. The van der Waals surface area contributed by atoms with Crippen LogP contribution in [0.15, 0.2) is 22.7 Å². The monoisotopic (exact) mass is 295 g/mol. The zero-order valence-corrected chi connectivity index (χ0v) is 12.3. The van der Waals surface area contributed by atoms with Gasteiger partial charge in [0.2, 0.25) is 5.16 Å². The third-order valence-corrected chi connectivity index (χ3v) is 4.86. The van der Waals surface area contributed by atoms with Gasteiger partial charge in [0.15, 0.2) is 0 Å². The van der Waals surface area contributed by atoms with Crippen molar-refractivity contribution in [1.29, 1.82) is 0 Å². The van der Waals surface area contributed by atoms with Crippen LogP contribution < -0.4 is 5.32 Å². The summed E-state index contributed by atoms with van der Waals surface area (Å²) in [7, 11) is 0. The summed E-state index contributed by atoms with van der Waals surface area (Å²) in [5.74, 6) is 1.01. The molecule has 2 aromatic heterocycles. The quantitative estimate of drug-likeness (QED) is 0.596. The van der Waals surface area contributed by atoms with Crippen LogP contribution in [-0.4, -0.2) is 39.0 Å². The Hall–Kier alpha value is -0.920.